The van der Waals surface area contributed by atoms with E-state index in [9.17, 15) is 9.59 Å². The number of esters is 2. The second-order valence-corrected chi connectivity index (χ2v) is 9.55. The Bertz CT molecular complexity index is 631. The molecule has 3 rings (SSSR count). The van der Waals surface area contributed by atoms with E-state index < -0.39 is 11.9 Å². The standard InChI is InChI=1S/C22H34O5/c1-20(2)10-6-11-21(3)16(20)9-12-22(14-27-22)17(21)8-7-15(19(24)26-5)13-18(23)25-4/h7,16-17H,6,8-14H2,1-5H3/t16?,17-,21+,22?/m1/s1. The maximum Gasteiger partial charge on any atom is 0.333 e. The van der Waals surface area contributed by atoms with E-state index in [0.29, 0.717) is 22.8 Å². The van der Waals surface area contributed by atoms with Crippen molar-refractivity contribution >= 4 is 11.9 Å². The average Bonchev–Trinajstić information content (AvgIpc) is 3.38. The molecule has 3 fully saturated rings. The largest absolute Gasteiger partial charge is 0.469 e. The molecule has 0 aromatic carbocycles. The van der Waals surface area contributed by atoms with Crippen molar-refractivity contribution in [3.8, 4) is 0 Å². The summed E-state index contributed by atoms with van der Waals surface area (Å²) in [7, 11) is 2.68. The lowest BCUT2D eigenvalue weighted by Gasteiger charge is -2.59. The van der Waals surface area contributed by atoms with Crippen molar-refractivity contribution < 1.29 is 23.8 Å². The van der Waals surface area contributed by atoms with Gasteiger partial charge >= 0.3 is 11.9 Å². The number of hydrogen-bond acceptors (Lipinski definition) is 5. The Hall–Kier alpha value is -1.36. The molecular formula is C22H34O5. The number of hydrogen-bond donors (Lipinski definition) is 0. The van der Waals surface area contributed by atoms with Gasteiger partial charge in [0.05, 0.1) is 32.8 Å². The lowest BCUT2D eigenvalue weighted by molar-refractivity contribution is -0.143. The van der Waals surface area contributed by atoms with Crippen molar-refractivity contribution in [2.75, 3.05) is 20.8 Å². The molecule has 152 valence electrons. The number of methoxy groups -OCH3 is 2. The van der Waals surface area contributed by atoms with Gasteiger partial charge in [0.1, 0.15) is 0 Å². The zero-order chi connectivity index (χ0) is 19.9. The van der Waals surface area contributed by atoms with Crippen LogP contribution in [-0.4, -0.2) is 38.4 Å². The Morgan fingerprint density at radius 1 is 1.11 bits per heavy atom. The molecule has 0 amide bonds. The molecule has 2 saturated carbocycles. The van der Waals surface area contributed by atoms with Gasteiger partial charge in [-0.1, -0.05) is 33.3 Å². The Balaban J connectivity index is 1.88. The van der Waals surface area contributed by atoms with Crippen molar-refractivity contribution in [3.05, 3.63) is 11.6 Å². The Morgan fingerprint density at radius 2 is 1.81 bits per heavy atom. The highest BCUT2D eigenvalue weighted by molar-refractivity contribution is 5.93. The van der Waals surface area contributed by atoms with Gasteiger partial charge in [0, 0.05) is 5.57 Å². The van der Waals surface area contributed by atoms with Gasteiger partial charge in [-0.05, 0) is 54.8 Å². The Morgan fingerprint density at radius 3 is 2.41 bits per heavy atom. The van der Waals surface area contributed by atoms with Gasteiger partial charge in [0.2, 0.25) is 0 Å². The summed E-state index contributed by atoms with van der Waals surface area (Å²) in [6.45, 7) is 8.06. The molecule has 3 aliphatic rings. The summed E-state index contributed by atoms with van der Waals surface area (Å²) in [6.07, 6.45) is 8.64. The van der Waals surface area contributed by atoms with Crippen LogP contribution in [0.15, 0.2) is 11.6 Å². The topological polar surface area (TPSA) is 65.1 Å². The van der Waals surface area contributed by atoms with Gasteiger partial charge in [-0.2, -0.15) is 0 Å². The van der Waals surface area contributed by atoms with Crippen LogP contribution in [0.2, 0.25) is 0 Å². The normalized spacial score (nSPS) is 37.4. The van der Waals surface area contributed by atoms with E-state index in [2.05, 4.69) is 20.8 Å². The van der Waals surface area contributed by atoms with Gasteiger partial charge < -0.3 is 14.2 Å². The Labute approximate surface area is 162 Å². The zero-order valence-corrected chi connectivity index (χ0v) is 17.4. The van der Waals surface area contributed by atoms with E-state index in [4.69, 9.17) is 14.2 Å². The van der Waals surface area contributed by atoms with Crippen LogP contribution in [0.1, 0.15) is 65.7 Å². The molecule has 1 heterocycles. The monoisotopic (exact) mass is 378 g/mol. The van der Waals surface area contributed by atoms with E-state index >= 15 is 0 Å². The third-order valence-corrected chi connectivity index (χ3v) is 7.69. The smallest absolute Gasteiger partial charge is 0.333 e. The fraction of sp³-hybridized carbons (Fsp3) is 0.818. The van der Waals surface area contributed by atoms with E-state index in [1.165, 1.54) is 39.9 Å². The van der Waals surface area contributed by atoms with Gasteiger partial charge in [-0.3, -0.25) is 4.79 Å². The maximum atomic E-state index is 12.1. The molecular weight excluding hydrogens is 344 g/mol. The number of rotatable bonds is 5. The SMILES string of the molecule is COC(=O)CC(=CC[C@H]1C2(CCC3C(C)(C)CCC[C@@]31C)CO2)C(=O)OC. The fourth-order valence-electron chi connectivity index (χ4n) is 6.24. The molecule has 1 saturated heterocycles. The second-order valence-electron chi connectivity index (χ2n) is 9.55. The summed E-state index contributed by atoms with van der Waals surface area (Å²) in [5.74, 6) is 0.151. The number of allylic oxidation sites excluding steroid dienone is 1. The van der Waals surface area contributed by atoms with E-state index in [1.807, 2.05) is 6.08 Å². The molecule has 5 heteroatoms. The van der Waals surface area contributed by atoms with Crippen LogP contribution in [0.25, 0.3) is 0 Å². The van der Waals surface area contributed by atoms with Crippen LogP contribution in [0.5, 0.6) is 0 Å². The predicted molar refractivity (Wildman–Crippen MR) is 102 cm³/mol. The minimum atomic E-state index is -0.451. The van der Waals surface area contributed by atoms with Crippen molar-refractivity contribution in [2.24, 2.45) is 22.7 Å². The molecule has 0 radical (unpaired) electrons. The first-order valence-electron chi connectivity index (χ1n) is 10.2. The predicted octanol–water partition coefficient (Wildman–Crippen LogP) is 4.05. The summed E-state index contributed by atoms with van der Waals surface area (Å²) >= 11 is 0. The average molecular weight is 379 g/mol. The molecule has 4 atom stereocenters. The number of carbonyl (C=O) groups is 2. The summed E-state index contributed by atoms with van der Waals surface area (Å²) in [5.41, 5.74) is 0.880. The lowest BCUT2D eigenvalue weighted by atomic mass is 9.46. The van der Waals surface area contributed by atoms with Crippen LogP contribution in [0.4, 0.5) is 0 Å². The second kappa shape index (κ2) is 7.23. The van der Waals surface area contributed by atoms with Gasteiger partial charge in [0.15, 0.2) is 0 Å². The minimum absolute atomic E-state index is 0.0400. The molecule has 0 aromatic heterocycles. The van der Waals surface area contributed by atoms with Crippen LogP contribution >= 0.6 is 0 Å². The van der Waals surface area contributed by atoms with Gasteiger partial charge in [-0.25, -0.2) is 4.79 Å². The number of fused-ring (bicyclic) bond motifs is 1. The first-order chi connectivity index (χ1) is 12.7. The maximum absolute atomic E-state index is 12.1. The molecule has 1 spiro atoms. The van der Waals surface area contributed by atoms with Crippen LogP contribution in [-0.2, 0) is 23.8 Å². The minimum Gasteiger partial charge on any atom is -0.469 e. The summed E-state index contributed by atoms with van der Waals surface area (Å²) in [6, 6.07) is 0. The lowest BCUT2D eigenvalue weighted by Crippen LogP contribution is -2.54. The quantitative estimate of drug-likeness (QED) is 0.410. The van der Waals surface area contributed by atoms with Gasteiger partial charge in [0.25, 0.3) is 0 Å². The highest BCUT2D eigenvalue weighted by Gasteiger charge is 2.64. The van der Waals surface area contributed by atoms with Crippen molar-refractivity contribution in [2.45, 2.75) is 71.3 Å². The first-order valence-corrected chi connectivity index (χ1v) is 10.2. The van der Waals surface area contributed by atoms with Crippen LogP contribution < -0.4 is 0 Å². The van der Waals surface area contributed by atoms with Crippen molar-refractivity contribution in [3.63, 3.8) is 0 Å². The third kappa shape index (κ3) is 3.67. The fourth-order valence-corrected chi connectivity index (χ4v) is 6.24. The zero-order valence-electron chi connectivity index (χ0n) is 17.4. The van der Waals surface area contributed by atoms with Crippen LogP contribution in [0, 0.1) is 22.7 Å². The number of ether oxygens (including phenoxy) is 3. The third-order valence-electron chi connectivity index (χ3n) is 7.69. The van der Waals surface area contributed by atoms with Crippen LogP contribution in [0.3, 0.4) is 0 Å². The molecule has 0 aromatic rings. The van der Waals surface area contributed by atoms with E-state index in [-0.39, 0.29) is 17.4 Å². The molecule has 2 aliphatic carbocycles. The molecule has 27 heavy (non-hydrogen) atoms. The highest BCUT2D eigenvalue weighted by atomic mass is 16.6. The van der Waals surface area contributed by atoms with Crippen molar-refractivity contribution in [1.29, 1.82) is 0 Å². The van der Waals surface area contributed by atoms with E-state index in [1.54, 1.807) is 0 Å². The first kappa shape index (κ1) is 20.4. The molecule has 0 bridgehead atoms. The summed E-state index contributed by atoms with van der Waals surface area (Å²) < 4.78 is 15.6. The molecule has 1 aliphatic heterocycles. The summed E-state index contributed by atoms with van der Waals surface area (Å²) in [4.78, 5) is 23.9. The Kier molecular flexibility index (Phi) is 5.46. The number of epoxide rings is 1. The van der Waals surface area contributed by atoms with Gasteiger partial charge in [-0.15, -0.1) is 0 Å². The van der Waals surface area contributed by atoms with E-state index in [0.717, 1.165) is 19.4 Å². The molecule has 2 unspecified atom stereocenters. The summed E-state index contributed by atoms with van der Waals surface area (Å²) in [5, 5.41) is 0. The molecule has 5 nitrogen and oxygen atoms in total. The molecule has 0 N–H and O–H groups in total. The van der Waals surface area contributed by atoms with Crippen molar-refractivity contribution in [1.82, 2.24) is 0 Å². The highest BCUT2D eigenvalue weighted by Crippen LogP contribution is 2.66. The number of carbonyl (C=O) groups excluding carboxylic acids is 2.